The first-order chi connectivity index (χ1) is 11.2. The van der Waals surface area contributed by atoms with Crippen molar-refractivity contribution in [1.29, 1.82) is 0 Å². The van der Waals surface area contributed by atoms with Crippen LogP contribution in [0, 0.1) is 0 Å². The summed E-state index contributed by atoms with van der Waals surface area (Å²) >= 11 is -2.54. The van der Waals surface area contributed by atoms with Crippen molar-refractivity contribution in [3.05, 3.63) is 72.8 Å². The molecule has 0 fully saturated rings. The van der Waals surface area contributed by atoms with E-state index in [9.17, 15) is 0 Å². The molecule has 0 spiro atoms. The van der Waals surface area contributed by atoms with E-state index in [2.05, 4.69) is 60.3 Å². The normalized spacial score (nSPS) is 14.3. The predicted octanol–water partition coefficient (Wildman–Crippen LogP) is 2.90. The average Bonchev–Trinajstić information content (AvgIpc) is 2.62. The molecule has 0 N–H and O–H groups in total. The van der Waals surface area contributed by atoms with Crippen molar-refractivity contribution in [2.45, 2.75) is 5.71 Å². The summed E-state index contributed by atoms with van der Waals surface area (Å²) in [7, 11) is 1.72. The maximum atomic E-state index is 6.16. The van der Waals surface area contributed by atoms with Crippen molar-refractivity contribution >= 4 is 26.6 Å². The molecule has 1 aliphatic rings. The molecule has 0 aliphatic carbocycles. The van der Waals surface area contributed by atoms with E-state index in [1.54, 1.807) is 7.11 Å². The van der Waals surface area contributed by atoms with Crippen LogP contribution >= 0.6 is 0 Å². The molecule has 4 rings (SSSR count). The van der Waals surface area contributed by atoms with Crippen molar-refractivity contribution in [1.82, 2.24) is 0 Å². The van der Waals surface area contributed by atoms with Gasteiger partial charge in [0.25, 0.3) is 0 Å². The van der Waals surface area contributed by atoms with Gasteiger partial charge in [-0.3, -0.25) is 0 Å². The number of para-hydroxylation sites is 2. The first kappa shape index (κ1) is 14.4. The van der Waals surface area contributed by atoms with Gasteiger partial charge in [-0.25, -0.2) is 0 Å². The predicted molar refractivity (Wildman–Crippen MR) is 96.5 cm³/mol. The third kappa shape index (κ3) is 2.17. The molecular formula is C20H18AsO2. The molecule has 0 amide bonds. The Morgan fingerprint density at radius 2 is 1.39 bits per heavy atom. The van der Waals surface area contributed by atoms with E-state index in [-0.39, 0.29) is 0 Å². The van der Waals surface area contributed by atoms with E-state index in [4.69, 9.17) is 9.47 Å². The number of fused-ring (bicyclic) bond motifs is 2. The zero-order valence-corrected chi connectivity index (χ0v) is 15.1. The van der Waals surface area contributed by atoms with Crippen LogP contribution in [0.15, 0.2) is 72.8 Å². The molecule has 1 aliphatic heterocycles. The quantitative estimate of drug-likeness (QED) is 0.651. The summed E-state index contributed by atoms with van der Waals surface area (Å²) in [6, 6.07) is 25.4. The number of hydrogen-bond acceptors (Lipinski definition) is 2. The van der Waals surface area contributed by atoms with Gasteiger partial charge < -0.3 is 0 Å². The van der Waals surface area contributed by atoms with Crippen LogP contribution in [0.5, 0.6) is 17.2 Å². The Balaban J connectivity index is 2.03. The van der Waals surface area contributed by atoms with Crippen LogP contribution in [0.1, 0.15) is 0 Å². The van der Waals surface area contributed by atoms with Gasteiger partial charge in [0, 0.05) is 0 Å². The molecule has 1 heterocycles. The van der Waals surface area contributed by atoms with E-state index in [1.807, 2.05) is 18.2 Å². The van der Waals surface area contributed by atoms with E-state index in [1.165, 1.54) is 13.1 Å². The van der Waals surface area contributed by atoms with Gasteiger partial charge in [0.1, 0.15) is 0 Å². The number of ether oxygens (including phenoxy) is 2. The first-order valence-electron chi connectivity index (χ1n) is 7.61. The second kappa shape index (κ2) is 5.47. The van der Waals surface area contributed by atoms with Crippen LogP contribution < -0.4 is 22.5 Å². The zero-order valence-electron chi connectivity index (χ0n) is 13.2. The SMILES string of the molecule is COc1cccc([As]2(C)c3ccccc3Oc3ccccc32)c1. The molecule has 0 saturated heterocycles. The Kier molecular flexibility index (Phi) is 3.43. The number of hydrogen-bond donors (Lipinski definition) is 0. The molecule has 3 aromatic carbocycles. The van der Waals surface area contributed by atoms with Gasteiger partial charge in [0.05, 0.1) is 0 Å². The monoisotopic (exact) mass is 365 g/mol. The van der Waals surface area contributed by atoms with Crippen molar-refractivity contribution in [2.24, 2.45) is 0 Å². The van der Waals surface area contributed by atoms with Crippen molar-refractivity contribution < 1.29 is 9.47 Å². The Bertz CT molecular complexity index is 827. The van der Waals surface area contributed by atoms with Gasteiger partial charge in [-0.05, 0) is 0 Å². The Morgan fingerprint density at radius 1 is 0.783 bits per heavy atom. The average molecular weight is 365 g/mol. The van der Waals surface area contributed by atoms with Gasteiger partial charge in [0.2, 0.25) is 0 Å². The van der Waals surface area contributed by atoms with E-state index in [0.717, 1.165) is 17.2 Å². The summed E-state index contributed by atoms with van der Waals surface area (Å²) in [6.07, 6.45) is 0. The van der Waals surface area contributed by atoms with Crippen LogP contribution in [-0.2, 0) is 0 Å². The fourth-order valence-corrected chi connectivity index (χ4v) is 10.5. The second-order valence-electron chi connectivity index (χ2n) is 5.75. The molecule has 0 atom stereocenters. The third-order valence-corrected chi connectivity index (χ3v) is 12.8. The Hall–Kier alpha value is -2.18. The van der Waals surface area contributed by atoms with E-state index in [0.29, 0.717) is 0 Å². The minimum absolute atomic E-state index is 0.909. The fourth-order valence-electron chi connectivity index (χ4n) is 3.24. The molecule has 0 aromatic heterocycles. The summed E-state index contributed by atoms with van der Waals surface area (Å²) in [5, 5.41) is 0. The van der Waals surface area contributed by atoms with Crippen LogP contribution in [0.4, 0.5) is 0 Å². The molecule has 115 valence electrons. The second-order valence-corrected chi connectivity index (χ2v) is 13.1. The Labute approximate surface area is 139 Å². The molecule has 2 nitrogen and oxygen atoms in total. The van der Waals surface area contributed by atoms with Crippen LogP contribution in [0.25, 0.3) is 0 Å². The standard InChI is InChI=1S/C20H18AsO2/c1-21(15-8-7-9-16(14-15)22-2)17-10-3-5-12-19(17)23-20-13-6-4-11-18(20)21/h3-14H,1-2H3. The van der Waals surface area contributed by atoms with E-state index >= 15 is 0 Å². The maximum absolute atomic E-state index is 6.16. The Morgan fingerprint density at radius 3 is 2.00 bits per heavy atom. The fraction of sp³-hybridized carbons (Fsp3) is 0.100. The van der Waals surface area contributed by atoms with Gasteiger partial charge in [0.15, 0.2) is 0 Å². The number of benzene rings is 3. The number of rotatable bonds is 2. The summed E-state index contributed by atoms with van der Waals surface area (Å²) in [5.41, 5.74) is 2.42. The van der Waals surface area contributed by atoms with Gasteiger partial charge in [-0.1, -0.05) is 0 Å². The topological polar surface area (TPSA) is 18.5 Å². The molecule has 1 radical (unpaired) electrons. The third-order valence-electron chi connectivity index (χ3n) is 4.48. The molecule has 23 heavy (non-hydrogen) atoms. The summed E-state index contributed by atoms with van der Waals surface area (Å²) in [5.74, 6) is 2.89. The zero-order chi connectivity index (χ0) is 15.9. The van der Waals surface area contributed by atoms with Crippen LogP contribution in [-0.4, -0.2) is 20.7 Å². The van der Waals surface area contributed by atoms with Crippen molar-refractivity contribution in [2.75, 3.05) is 7.11 Å². The van der Waals surface area contributed by atoms with Gasteiger partial charge in [-0.15, -0.1) is 0 Å². The van der Waals surface area contributed by atoms with Gasteiger partial charge in [-0.2, -0.15) is 0 Å². The molecule has 0 unspecified atom stereocenters. The van der Waals surface area contributed by atoms with E-state index < -0.39 is 13.6 Å². The van der Waals surface area contributed by atoms with Crippen molar-refractivity contribution in [3.8, 4) is 17.2 Å². The first-order valence-corrected chi connectivity index (χ1v) is 12.3. The minimum atomic E-state index is -2.54. The molecular weight excluding hydrogens is 347 g/mol. The molecule has 0 bridgehead atoms. The molecule has 3 heteroatoms. The van der Waals surface area contributed by atoms with Crippen LogP contribution in [0.2, 0.25) is 5.71 Å². The summed E-state index contributed by atoms with van der Waals surface area (Å²) < 4.78 is 15.7. The van der Waals surface area contributed by atoms with Crippen LogP contribution in [0.3, 0.4) is 0 Å². The van der Waals surface area contributed by atoms with Gasteiger partial charge >= 0.3 is 139 Å². The molecule has 0 saturated carbocycles. The number of methoxy groups -OCH3 is 1. The summed E-state index contributed by atoms with van der Waals surface area (Å²) in [6.45, 7) is 0. The van der Waals surface area contributed by atoms with Crippen molar-refractivity contribution in [3.63, 3.8) is 0 Å². The molecule has 3 aromatic rings. The summed E-state index contributed by atoms with van der Waals surface area (Å²) in [4.78, 5) is 0.